The Hall–Kier alpha value is 0.580. The molecule has 0 nitrogen and oxygen atoms in total. The molecule has 0 saturated carbocycles. The molecule has 0 aliphatic rings. The first-order valence-electron chi connectivity index (χ1n) is 1.38. The van der Waals surface area contributed by atoms with Crippen molar-refractivity contribution in [2.75, 3.05) is 0 Å². The molecule has 0 aromatic rings. The minimum atomic E-state index is -6.06. The average Bonchev–Trinajstić information content (AvgIpc) is 1.25. The van der Waals surface area contributed by atoms with Crippen molar-refractivity contribution in [1.29, 1.82) is 0 Å². The average molecular weight is 162 g/mol. The van der Waals surface area contributed by atoms with Crippen LogP contribution < -0.4 is 0 Å². The predicted octanol–water partition coefficient (Wildman–Crippen LogP) is 1.46. The fraction of sp³-hybridized carbons (Fsp3) is 1.00. The molecule has 7 heteroatoms. The van der Waals surface area contributed by atoms with Crippen LogP contribution in [0.2, 0.25) is 0 Å². The van der Waals surface area contributed by atoms with Gasteiger partial charge in [-0.2, -0.15) is 26.3 Å². The van der Waals surface area contributed by atoms with Crippen molar-refractivity contribution in [3.8, 4) is 0 Å². The summed E-state index contributed by atoms with van der Waals surface area (Å²) in [6, 6.07) is 0. The van der Waals surface area contributed by atoms with E-state index in [9.17, 15) is 26.3 Å². The Balaban J connectivity index is 0. The summed E-state index contributed by atoms with van der Waals surface area (Å²) in [6.45, 7) is 0. The fourth-order valence-electron chi connectivity index (χ4n) is 0. The van der Waals surface area contributed by atoms with E-state index in [1.54, 1.807) is 0 Å². The second-order valence-electron chi connectivity index (χ2n) is 0.996. The molecule has 52 valence electrons. The van der Waals surface area contributed by atoms with Gasteiger partial charge in [0.1, 0.15) is 0 Å². The quantitative estimate of drug-likeness (QED) is 0.373. The third-order valence-corrected chi connectivity index (χ3v) is 0.321. The number of rotatable bonds is 0. The van der Waals surface area contributed by atoms with Gasteiger partial charge in [0, 0.05) is 0 Å². The van der Waals surface area contributed by atoms with E-state index < -0.39 is 12.4 Å². The van der Waals surface area contributed by atoms with Crippen LogP contribution in [0.15, 0.2) is 0 Å². The number of hydrogen-bond donors (Lipinski definition) is 0. The summed E-state index contributed by atoms with van der Waals surface area (Å²) in [5, 5.41) is 0. The van der Waals surface area contributed by atoms with Crippen LogP contribution in [0.1, 0.15) is 0 Å². The van der Waals surface area contributed by atoms with E-state index >= 15 is 0 Å². The van der Waals surface area contributed by atoms with Crippen LogP contribution in [0.3, 0.4) is 0 Å². The SMILES string of the molecule is FC(F)(F)C(F)(F)F.[NaH]. The van der Waals surface area contributed by atoms with Crippen molar-refractivity contribution in [3.63, 3.8) is 0 Å². The molecule has 0 amide bonds. The van der Waals surface area contributed by atoms with Gasteiger partial charge < -0.3 is 0 Å². The number of hydrogen-bond acceptors (Lipinski definition) is 0. The molecule has 0 atom stereocenters. The van der Waals surface area contributed by atoms with E-state index in [1.165, 1.54) is 0 Å². The third-order valence-electron chi connectivity index (χ3n) is 0.321. The summed E-state index contributed by atoms with van der Waals surface area (Å²) in [4.78, 5) is 0. The third kappa shape index (κ3) is 4.05. The van der Waals surface area contributed by atoms with Gasteiger partial charge in [0.25, 0.3) is 0 Å². The van der Waals surface area contributed by atoms with Gasteiger partial charge in [0.15, 0.2) is 0 Å². The monoisotopic (exact) mass is 162 g/mol. The van der Waals surface area contributed by atoms with Crippen LogP contribution in [0, 0.1) is 0 Å². The molecule has 0 aromatic heterocycles. The Morgan fingerprint density at radius 3 is 0.667 bits per heavy atom. The maximum atomic E-state index is 10.4. The Bertz CT molecular complexity index is 66.0. The van der Waals surface area contributed by atoms with E-state index in [-0.39, 0.29) is 29.6 Å². The van der Waals surface area contributed by atoms with Crippen LogP contribution in [-0.2, 0) is 0 Å². The van der Waals surface area contributed by atoms with E-state index in [2.05, 4.69) is 0 Å². The van der Waals surface area contributed by atoms with Crippen molar-refractivity contribution < 1.29 is 26.3 Å². The molecule has 0 spiro atoms. The maximum absolute atomic E-state index is 10.4. The summed E-state index contributed by atoms with van der Waals surface area (Å²) in [5.41, 5.74) is 0. The first-order chi connectivity index (χ1) is 3.25. The van der Waals surface area contributed by atoms with Gasteiger partial charge in [-0.1, -0.05) is 0 Å². The second kappa shape index (κ2) is 3.12. The first-order valence-corrected chi connectivity index (χ1v) is 1.38. The zero-order chi connectivity index (χ0) is 7.00. The molecular formula is C2HF6Na. The Labute approximate surface area is 68.5 Å². The van der Waals surface area contributed by atoms with Gasteiger partial charge in [0.05, 0.1) is 0 Å². The van der Waals surface area contributed by atoms with E-state index in [0.717, 1.165) is 0 Å². The standard InChI is InChI=1S/C2F6.Na.H/c3-1(4,5)2(6,7)8;;. The predicted molar refractivity (Wildman–Crippen MR) is 19.3 cm³/mol. The van der Waals surface area contributed by atoms with Crippen LogP contribution >= 0.6 is 0 Å². The van der Waals surface area contributed by atoms with Crippen LogP contribution in [0.25, 0.3) is 0 Å². The van der Waals surface area contributed by atoms with Crippen molar-refractivity contribution in [2.24, 2.45) is 0 Å². The van der Waals surface area contributed by atoms with Gasteiger partial charge >= 0.3 is 41.9 Å². The van der Waals surface area contributed by atoms with Gasteiger partial charge in [-0.25, -0.2) is 0 Å². The van der Waals surface area contributed by atoms with Crippen molar-refractivity contribution in [3.05, 3.63) is 0 Å². The summed E-state index contributed by atoms with van der Waals surface area (Å²) < 4.78 is 62.6. The zero-order valence-corrected chi connectivity index (χ0v) is 3.27. The van der Waals surface area contributed by atoms with Crippen LogP contribution in [0.4, 0.5) is 26.3 Å². The molecule has 0 aliphatic carbocycles. The van der Waals surface area contributed by atoms with Crippen molar-refractivity contribution >= 4 is 29.6 Å². The molecule has 0 radical (unpaired) electrons. The molecule has 0 unspecified atom stereocenters. The van der Waals surface area contributed by atoms with Gasteiger partial charge in [-0.05, 0) is 0 Å². The van der Waals surface area contributed by atoms with Crippen molar-refractivity contribution in [1.82, 2.24) is 0 Å². The van der Waals surface area contributed by atoms with Crippen LogP contribution in [0.5, 0.6) is 0 Å². The Morgan fingerprint density at radius 2 is 0.667 bits per heavy atom. The molecule has 0 bridgehead atoms. The van der Waals surface area contributed by atoms with Gasteiger partial charge in [0.2, 0.25) is 0 Å². The van der Waals surface area contributed by atoms with E-state index in [4.69, 9.17) is 0 Å². The summed E-state index contributed by atoms with van der Waals surface area (Å²) >= 11 is 0. The zero-order valence-electron chi connectivity index (χ0n) is 3.27. The molecule has 0 aromatic carbocycles. The summed E-state index contributed by atoms with van der Waals surface area (Å²) in [7, 11) is 0. The Morgan fingerprint density at radius 1 is 0.556 bits per heavy atom. The van der Waals surface area contributed by atoms with Crippen LogP contribution in [-0.4, -0.2) is 41.9 Å². The molecule has 0 N–H and O–H groups in total. The molecule has 9 heavy (non-hydrogen) atoms. The fourth-order valence-corrected chi connectivity index (χ4v) is 0. The molecule has 0 saturated heterocycles. The van der Waals surface area contributed by atoms with Crippen molar-refractivity contribution in [2.45, 2.75) is 12.4 Å². The normalized spacial score (nSPS) is 12.7. The summed E-state index contributed by atoms with van der Waals surface area (Å²) in [6.07, 6.45) is -12.1. The topological polar surface area (TPSA) is 0 Å². The molecule has 0 aliphatic heterocycles. The number of alkyl halides is 6. The molecular weight excluding hydrogens is 161 g/mol. The summed E-state index contributed by atoms with van der Waals surface area (Å²) in [5.74, 6) is 0. The van der Waals surface area contributed by atoms with E-state index in [0.29, 0.717) is 0 Å². The van der Waals surface area contributed by atoms with Gasteiger partial charge in [-0.3, -0.25) is 0 Å². The van der Waals surface area contributed by atoms with E-state index in [1.807, 2.05) is 0 Å². The number of halogens is 6. The molecule has 0 fully saturated rings. The second-order valence-corrected chi connectivity index (χ2v) is 0.996. The molecule has 0 heterocycles. The first kappa shape index (κ1) is 12.3. The Kier molecular flexibility index (Phi) is 4.25. The molecule has 0 rings (SSSR count). The minimum absolute atomic E-state index is 0. The van der Waals surface area contributed by atoms with Gasteiger partial charge in [-0.15, -0.1) is 0 Å².